The van der Waals surface area contributed by atoms with Crippen LogP contribution in [0.3, 0.4) is 0 Å². The number of hydrogen-bond donors (Lipinski definition) is 3. The van der Waals surface area contributed by atoms with Crippen molar-refractivity contribution in [2.24, 2.45) is 11.3 Å². The van der Waals surface area contributed by atoms with Gasteiger partial charge in [0.25, 0.3) is 0 Å². The zero-order valence-electron chi connectivity index (χ0n) is 27.8. The minimum atomic E-state index is -0.151. The van der Waals surface area contributed by atoms with Crippen LogP contribution in [-0.4, -0.2) is 55.0 Å². The number of ether oxygens (including phenoxy) is 3. The van der Waals surface area contributed by atoms with E-state index in [1.54, 1.807) is 0 Å². The molecule has 0 atom stereocenters. The van der Waals surface area contributed by atoms with Gasteiger partial charge in [0, 0.05) is 0 Å². The Morgan fingerprint density at radius 3 is 1.03 bits per heavy atom. The molecule has 0 aromatic heterocycles. The van der Waals surface area contributed by atoms with Gasteiger partial charge in [0.15, 0.2) is 0 Å². The van der Waals surface area contributed by atoms with Gasteiger partial charge in [0.1, 0.15) is 20.4 Å². The van der Waals surface area contributed by atoms with E-state index in [0.29, 0.717) is 24.5 Å². The van der Waals surface area contributed by atoms with Crippen molar-refractivity contribution in [1.29, 1.82) is 0 Å². The van der Waals surface area contributed by atoms with Crippen LogP contribution in [0.2, 0.25) is 0 Å². The second-order valence-corrected chi connectivity index (χ2v) is 9.08. The molecular formula is C33H82O6. The van der Waals surface area contributed by atoms with Crippen molar-refractivity contribution in [2.45, 2.75) is 175 Å². The second kappa shape index (κ2) is 57.6. The molecule has 0 aliphatic carbocycles. The lowest BCUT2D eigenvalue weighted by Crippen LogP contribution is -2.24. The number of aliphatic hydroxyl groups excluding tert-OH is 3. The van der Waals surface area contributed by atoms with Crippen molar-refractivity contribution in [3.63, 3.8) is 0 Å². The van der Waals surface area contributed by atoms with Crippen molar-refractivity contribution < 1.29 is 29.5 Å². The molecule has 0 unspecified atom stereocenters. The van der Waals surface area contributed by atoms with Crippen LogP contribution >= 0.6 is 0 Å². The summed E-state index contributed by atoms with van der Waals surface area (Å²) in [6.45, 7) is 28.6. The van der Waals surface area contributed by atoms with Crippen LogP contribution in [-0.2, 0) is 14.2 Å². The number of rotatable bonds is 15. The average Bonchev–Trinajstić information content (AvgIpc) is 2.91. The summed E-state index contributed by atoms with van der Waals surface area (Å²) in [5.41, 5.74) is 0.294. The van der Waals surface area contributed by atoms with Gasteiger partial charge in [-0.25, -0.2) is 0 Å². The molecular weight excluding hydrogens is 492 g/mol. The average molecular weight is 575 g/mol. The highest BCUT2D eigenvalue weighted by atomic mass is 16.6. The van der Waals surface area contributed by atoms with E-state index < -0.39 is 0 Å². The molecule has 6 heteroatoms. The van der Waals surface area contributed by atoms with E-state index >= 15 is 0 Å². The first-order valence-electron chi connectivity index (χ1n) is 15.3. The van der Waals surface area contributed by atoms with E-state index in [9.17, 15) is 0 Å². The molecule has 0 amide bonds. The van der Waals surface area contributed by atoms with Crippen LogP contribution in [0.1, 0.15) is 169 Å². The van der Waals surface area contributed by atoms with Gasteiger partial charge in [0.05, 0.1) is 19.3 Å². The second-order valence-electron chi connectivity index (χ2n) is 9.08. The van der Waals surface area contributed by atoms with Crippen LogP contribution in [0.4, 0.5) is 0 Å². The van der Waals surface area contributed by atoms with Gasteiger partial charge in [-0.3, -0.25) is 0 Å². The van der Waals surface area contributed by atoms with E-state index in [1.165, 1.54) is 19.3 Å². The molecule has 0 radical (unpaired) electrons. The highest BCUT2D eigenvalue weighted by Gasteiger charge is 2.23. The van der Waals surface area contributed by atoms with Gasteiger partial charge in [-0.15, -0.1) is 0 Å². The molecule has 0 bridgehead atoms. The number of hydrogen-bond acceptors (Lipinski definition) is 6. The molecule has 3 N–H and O–H groups in total. The first kappa shape index (κ1) is 58.4. The molecule has 0 aromatic carbocycles. The summed E-state index contributed by atoms with van der Waals surface area (Å²) >= 11 is 0. The summed E-state index contributed by atoms with van der Waals surface area (Å²) in [7, 11) is 0. The smallest absolute Gasteiger partial charge is 0.143 e. The Kier molecular flexibility index (Phi) is 86.3. The molecule has 0 rings (SSSR count). The van der Waals surface area contributed by atoms with Crippen LogP contribution in [0, 0.1) is 11.3 Å². The van der Waals surface area contributed by atoms with Crippen LogP contribution in [0.5, 0.6) is 0 Å². The largest absolute Gasteiger partial charge is 0.371 e. The lowest BCUT2D eigenvalue weighted by molar-refractivity contribution is -0.0521. The molecule has 0 aliphatic heterocycles. The van der Waals surface area contributed by atoms with E-state index in [2.05, 4.69) is 76.2 Å². The third kappa shape index (κ3) is 58.4. The van der Waals surface area contributed by atoms with Gasteiger partial charge >= 0.3 is 0 Å². The third-order valence-electron chi connectivity index (χ3n) is 5.57. The van der Waals surface area contributed by atoms with Gasteiger partial charge in [0.2, 0.25) is 0 Å². The lowest BCUT2D eigenvalue weighted by atomic mass is 9.81. The van der Waals surface area contributed by atoms with Gasteiger partial charge in [-0.05, 0) is 43.4 Å². The zero-order valence-corrected chi connectivity index (χ0v) is 27.8. The maximum absolute atomic E-state index is 8.49. The molecule has 39 heavy (non-hydrogen) atoms. The topological polar surface area (TPSA) is 88.4 Å². The van der Waals surface area contributed by atoms with Gasteiger partial charge in [-0.2, -0.15) is 0 Å². The summed E-state index contributed by atoms with van der Waals surface area (Å²) in [5.74, 6) is 0.622. The molecule has 0 aliphatic rings. The molecule has 250 valence electrons. The highest BCUT2D eigenvalue weighted by Crippen LogP contribution is 2.30. The van der Waals surface area contributed by atoms with Crippen molar-refractivity contribution in [3.05, 3.63) is 0 Å². The Morgan fingerprint density at radius 2 is 0.846 bits per heavy atom. The maximum Gasteiger partial charge on any atom is 0.143 e. The van der Waals surface area contributed by atoms with Crippen LogP contribution in [0.15, 0.2) is 0 Å². The zero-order chi connectivity index (χ0) is 30.4. The van der Waals surface area contributed by atoms with E-state index in [1.807, 2.05) is 13.8 Å². The Hall–Kier alpha value is -0.240. The molecule has 6 nitrogen and oxygen atoms in total. The number of aliphatic hydroxyl groups is 3. The fraction of sp³-hybridized carbons (Fsp3) is 1.00. The minimum Gasteiger partial charge on any atom is -0.371 e. The predicted octanol–water partition coefficient (Wildman–Crippen LogP) is 10.2. The minimum absolute atomic E-state index is 0. The molecule has 0 heterocycles. The fourth-order valence-corrected chi connectivity index (χ4v) is 2.69. The first-order chi connectivity index (χ1) is 17.7. The predicted molar refractivity (Wildman–Crippen MR) is 177 cm³/mol. The summed E-state index contributed by atoms with van der Waals surface area (Å²) in [4.78, 5) is 0. The Morgan fingerprint density at radius 1 is 0.513 bits per heavy atom. The maximum atomic E-state index is 8.49. The standard InChI is InChI=1S/C9H20O2.C7H16O2.C6H14O2.3C3H8.2CH4/c1-4-9(5-2,6-3)7-11-8-10;1-3-7(4-2)5-9-6-8;1-3-6(4-2)8-5-7;3*1-3-2;;/h10H,4-8H2,1-3H3;7-8H,3-6H2,1-2H3;6-7H,3-5H2,1-2H3;3*3H2,1-2H3;2*1H4. The molecule has 0 aromatic rings. The first-order valence-corrected chi connectivity index (χ1v) is 15.3. The van der Waals surface area contributed by atoms with E-state index in [4.69, 9.17) is 29.5 Å². The van der Waals surface area contributed by atoms with Crippen LogP contribution < -0.4 is 0 Å². The van der Waals surface area contributed by atoms with E-state index in [0.717, 1.165) is 44.9 Å². The third-order valence-corrected chi connectivity index (χ3v) is 5.57. The highest BCUT2D eigenvalue weighted by molar-refractivity contribution is 4.73. The normalized spacial score (nSPS) is 9.38. The summed E-state index contributed by atoms with van der Waals surface area (Å²) < 4.78 is 14.8. The lowest BCUT2D eigenvalue weighted by Gasteiger charge is -2.29. The van der Waals surface area contributed by atoms with Crippen LogP contribution in [0.25, 0.3) is 0 Å². The van der Waals surface area contributed by atoms with Crippen molar-refractivity contribution >= 4 is 0 Å². The molecule has 0 spiro atoms. The van der Waals surface area contributed by atoms with Gasteiger partial charge in [-0.1, -0.05) is 137 Å². The fourth-order valence-electron chi connectivity index (χ4n) is 2.69. The molecule has 0 saturated carbocycles. The monoisotopic (exact) mass is 575 g/mol. The van der Waals surface area contributed by atoms with E-state index in [-0.39, 0.29) is 41.3 Å². The Labute approximate surface area is 249 Å². The van der Waals surface area contributed by atoms with Crippen molar-refractivity contribution in [1.82, 2.24) is 0 Å². The summed E-state index contributed by atoms with van der Waals surface area (Å²) in [6, 6.07) is 0. The Bertz CT molecular complexity index is 292. The summed E-state index contributed by atoms with van der Waals surface area (Å²) in [6.07, 6.45) is 11.6. The Balaban J connectivity index is -0.0000000525. The molecule has 0 fully saturated rings. The quantitative estimate of drug-likeness (QED) is 0.169. The SMILES string of the molecule is C.C.CCC.CCC.CCC.CCC(CC)(CC)COCO.CCC(CC)COCO.CCC(CC)OCO. The van der Waals surface area contributed by atoms with Crippen molar-refractivity contribution in [2.75, 3.05) is 33.6 Å². The molecule has 0 saturated heterocycles. The summed E-state index contributed by atoms with van der Waals surface area (Å²) in [5, 5.41) is 25.1. The van der Waals surface area contributed by atoms with Crippen molar-refractivity contribution in [3.8, 4) is 0 Å². The van der Waals surface area contributed by atoms with Gasteiger partial charge < -0.3 is 29.5 Å².